The second kappa shape index (κ2) is 7.51. The molecular formula is C16H15N5O2S. The number of carbonyl (C=O) groups excluding carboxylic acids is 2. The van der Waals surface area contributed by atoms with Gasteiger partial charge in [-0.15, -0.1) is 11.3 Å². The third-order valence-corrected chi connectivity index (χ3v) is 4.12. The van der Waals surface area contributed by atoms with Gasteiger partial charge in [0.15, 0.2) is 5.69 Å². The zero-order valence-corrected chi connectivity index (χ0v) is 13.5. The van der Waals surface area contributed by atoms with E-state index in [1.54, 1.807) is 6.07 Å². The number of rotatable bonds is 6. The molecule has 0 spiro atoms. The molecular weight excluding hydrogens is 326 g/mol. The van der Waals surface area contributed by atoms with Crippen LogP contribution < -0.4 is 10.6 Å². The number of carbonyl (C=O) groups is 2. The Morgan fingerprint density at radius 2 is 1.71 bits per heavy atom. The molecule has 0 radical (unpaired) electrons. The van der Waals surface area contributed by atoms with Crippen LogP contribution in [0.5, 0.6) is 0 Å². The van der Waals surface area contributed by atoms with Crippen molar-refractivity contribution >= 4 is 23.2 Å². The van der Waals surface area contributed by atoms with E-state index in [1.807, 2.05) is 41.8 Å². The number of benzene rings is 1. The van der Waals surface area contributed by atoms with Crippen LogP contribution in [0.1, 0.15) is 20.2 Å². The van der Waals surface area contributed by atoms with Crippen LogP contribution in [0.2, 0.25) is 0 Å². The zero-order valence-electron chi connectivity index (χ0n) is 12.7. The van der Waals surface area contributed by atoms with Gasteiger partial charge in [-0.3, -0.25) is 9.59 Å². The Labute approximate surface area is 142 Å². The fourth-order valence-corrected chi connectivity index (χ4v) is 2.76. The van der Waals surface area contributed by atoms with Crippen molar-refractivity contribution in [3.63, 3.8) is 0 Å². The average Bonchev–Trinajstić information content (AvgIpc) is 3.30. The maximum atomic E-state index is 12.2. The first kappa shape index (κ1) is 15.9. The Morgan fingerprint density at radius 3 is 2.42 bits per heavy atom. The summed E-state index contributed by atoms with van der Waals surface area (Å²) in [6, 6.07) is 12.9. The van der Waals surface area contributed by atoms with Crippen molar-refractivity contribution in [3.8, 4) is 11.3 Å². The summed E-state index contributed by atoms with van der Waals surface area (Å²) >= 11 is 1.37. The molecule has 3 N–H and O–H groups in total. The number of hydrogen-bond donors (Lipinski definition) is 3. The molecule has 0 aliphatic rings. The molecule has 0 bridgehead atoms. The predicted molar refractivity (Wildman–Crippen MR) is 90.8 cm³/mol. The fraction of sp³-hybridized carbons (Fsp3) is 0.125. The van der Waals surface area contributed by atoms with Gasteiger partial charge in [0.05, 0.1) is 4.88 Å². The topological polar surface area (TPSA) is 99.8 Å². The molecule has 0 unspecified atom stereocenters. The van der Waals surface area contributed by atoms with E-state index < -0.39 is 0 Å². The third kappa shape index (κ3) is 3.66. The number of thiophene rings is 1. The highest BCUT2D eigenvalue weighted by Crippen LogP contribution is 2.18. The Hall–Kier alpha value is -3.00. The van der Waals surface area contributed by atoms with E-state index in [-0.39, 0.29) is 17.5 Å². The van der Waals surface area contributed by atoms with E-state index in [9.17, 15) is 9.59 Å². The monoisotopic (exact) mass is 341 g/mol. The molecule has 0 fully saturated rings. The van der Waals surface area contributed by atoms with Crippen LogP contribution in [0.3, 0.4) is 0 Å². The molecule has 0 saturated heterocycles. The van der Waals surface area contributed by atoms with Crippen molar-refractivity contribution in [3.05, 3.63) is 58.4 Å². The number of amides is 2. The Kier molecular flexibility index (Phi) is 4.97. The molecule has 0 atom stereocenters. The summed E-state index contributed by atoms with van der Waals surface area (Å²) in [5.41, 5.74) is 1.53. The van der Waals surface area contributed by atoms with Gasteiger partial charge < -0.3 is 10.6 Å². The highest BCUT2D eigenvalue weighted by molar-refractivity contribution is 7.12. The van der Waals surface area contributed by atoms with Gasteiger partial charge in [0.1, 0.15) is 5.69 Å². The van der Waals surface area contributed by atoms with Crippen LogP contribution in [0.4, 0.5) is 0 Å². The van der Waals surface area contributed by atoms with Crippen LogP contribution in [0, 0.1) is 0 Å². The molecule has 0 saturated carbocycles. The van der Waals surface area contributed by atoms with E-state index >= 15 is 0 Å². The molecule has 0 aliphatic carbocycles. The van der Waals surface area contributed by atoms with Gasteiger partial charge in [-0.2, -0.15) is 15.4 Å². The molecule has 24 heavy (non-hydrogen) atoms. The normalized spacial score (nSPS) is 10.3. The van der Waals surface area contributed by atoms with Crippen LogP contribution in [-0.4, -0.2) is 40.3 Å². The standard InChI is InChI=1S/C16H15N5O2S/c22-15(12-7-4-10-24-12)17-8-9-18-16(23)14-13(19-21-20-14)11-5-2-1-3-6-11/h1-7,10H,8-9H2,(H,17,22)(H,18,23)(H,19,20,21). The smallest absolute Gasteiger partial charge is 0.274 e. The lowest BCUT2D eigenvalue weighted by molar-refractivity contribution is 0.0927. The highest BCUT2D eigenvalue weighted by atomic mass is 32.1. The van der Waals surface area contributed by atoms with Gasteiger partial charge >= 0.3 is 0 Å². The van der Waals surface area contributed by atoms with Crippen molar-refractivity contribution in [2.45, 2.75) is 0 Å². The molecule has 8 heteroatoms. The van der Waals surface area contributed by atoms with Gasteiger partial charge in [-0.25, -0.2) is 0 Å². The summed E-state index contributed by atoms with van der Waals surface area (Å²) in [5.74, 6) is -0.487. The number of aromatic amines is 1. The summed E-state index contributed by atoms with van der Waals surface area (Å²) in [4.78, 5) is 24.6. The Balaban J connectivity index is 1.53. The average molecular weight is 341 g/mol. The van der Waals surface area contributed by atoms with E-state index in [0.29, 0.717) is 23.7 Å². The summed E-state index contributed by atoms with van der Waals surface area (Å²) in [6.45, 7) is 0.637. The SMILES string of the molecule is O=C(NCCNC(=O)c1n[nH]nc1-c1ccccc1)c1cccs1. The second-order valence-corrected chi connectivity index (χ2v) is 5.82. The third-order valence-electron chi connectivity index (χ3n) is 3.25. The highest BCUT2D eigenvalue weighted by Gasteiger charge is 2.17. The number of H-pyrrole nitrogens is 1. The van der Waals surface area contributed by atoms with Crippen LogP contribution in [0.25, 0.3) is 11.3 Å². The molecule has 0 aliphatic heterocycles. The minimum absolute atomic E-state index is 0.148. The van der Waals surface area contributed by atoms with E-state index in [1.165, 1.54) is 11.3 Å². The lowest BCUT2D eigenvalue weighted by atomic mass is 10.1. The summed E-state index contributed by atoms with van der Waals surface area (Å²) < 4.78 is 0. The molecule has 3 rings (SSSR count). The lowest BCUT2D eigenvalue weighted by Crippen LogP contribution is -2.34. The number of nitrogens with zero attached hydrogens (tertiary/aromatic N) is 2. The summed E-state index contributed by atoms with van der Waals surface area (Å²) in [7, 11) is 0. The quantitative estimate of drug-likeness (QED) is 0.594. The van der Waals surface area contributed by atoms with Gasteiger partial charge in [0.2, 0.25) is 0 Å². The number of nitrogens with one attached hydrogen (secondary N) is 3. The van der Waals surface area contributed by atoms with Crippen molar-refractivity contribution in [2.24, 2.45) is 0 Å². The first-order valence-corrected chi connectivity index (χ1v) is 8.20. The molecule has 1 aromatic carbocycles. The van der Waals surface area contributed by atoms with Crippen molar-refractivity contribution in [1.29, 1.82) is 0 Å². The van der Waals surface area contributed by atoms with Crippen molar-refractivity contribution in [2.75, 3.05) is 13.1 Å². The number of hydrogen-bond acceptors (Lipinski definition) is 5. The number of aromatic nitrogens is 3. The van der Waals surface area contributed by atoms with E-state index in [0.717, 1.165) is 5.56 Å². The fourth-order valence-electron chi connectivity index (χ4n) is 2.12. The summed E-state index contributed by atoms with van der Waals surface area (Å²) in [6.07, 6.45) is 0. The largest absolute Gasteiger partial charge is 0.350 e. The lowest BCUT2D eigenvalue weighted by Gasteiger charge is -2.06. The van der Waals surface area contributed by atoms with Gasteiger partial charge in [-0.1, -0.05) is 36.4 Å². The van der Waals surface area contributed by atoms with Crippen molar-refractivity contribution < 1.29 is 9.59 Å². The van der Waals surface area contributed by atoms with Crippen LogP contribution in [-0.2, 0) is 0 Å². The molecule has 2 amide bonds. The summed E-state index contributed by atoms with van der Waals surface area (Å²) in [5, 5.41) is 17.7. The molecule has 3 aromatic rings. The minimum atomic E-state index is -0.340. The maximum Gasteiger partial charge on any atom is 0.274 e. The van der Waals surface area contributed by atoms with Gasteiger partial charge in [0.25, 0.3) is 11.8 Å². The second-order valence-electron chi connectivity index (χ2n) is 4.88. The van der Waals surface area contributed by atoms with Crippen LogP contribution in [0.15, 0.2) is 47.8 Å². The van der Waals surface area contributed by atoms with Gasteiger partial charge in [-0.05, 0) is 11.4 Å². The Morgan fingerprint density at radius 1 is 0.958 bits per heavy atom. The van der Waals surface area contributed by atoms with E-state index in [2.05, 4.69) is 26.0 Å². The zero-order chi connectivity index (χ0) is 16.8. The van der Waals surface area contributed by atoms with Crippen molar-refractivity contribution in [1.82, 2.24) is 26.0 Å². The minimum Gasteiger partial charge on any atom is -0.350 e. The molecule has 7 nitrogen and oxygen atoms in total. The van der Waals surface area contributed by atoms with Crippen LogP contribution >= 0.6 is 11.3 Å². The first-order valence-electron chi connectivity index (χ1n) is 7.32. The maximum absolute atomic E-state index is 12.2. The van der Waals surface area contributed by atoms with E-state index in [4.69, 9.17) is 0 Å². The molecule has 2 aromatic heterocycles. The Bertz CT molecular complexity index is 814. The molecule has 122 valence electrons. The molecule has 2 heterocycles. The van der Waals surface area contributed by atoms with Gasteiger partial charge in [0, 0.05) is 18.7 Å². The predicted octanol–water partition coefficient (Wildman–Crippen LogP) is 1.69. The first-order chi connectivity index (χ1) is 11.8.